The fourth-order valence-corrected chi connectivity index (χ4v) is 3.98. The molecule has 0 N–H and O–H groups in total. The third-order valence-corrected chi connectivity index (χ3v) is 5.93. The molecule has 1 aromatic heterocycles. The van der Waals surface area contributed by atoms with Gasteiger partial charge in [0.05, 0.1) is 17.9 Å². The van der Waals surface area contributed by atoms with Gasteiger partial charge in [-0.05, 0) is 31.6 Å². The molecular formula is C17H24Cl2N4O2. The minimum atomic E-state index is -0.380. The predicted molar refractivity (Wildman–Crippen MR) is 97.8 cm³/mol. The van der Waals surface area contributed by atoms with E-state index in [4.69, 9.17) is 23.2 Å². The molecule has 0 aromatic carbocycles. The zero-order chi connectivity index (χ0) is 18.0. The van der Waals surface area contributed by atoms with Crippen molar-refractivity contribution in [1.82, 2.24) is 19.6 Å². The summed E-state index contributed by atoms with van der Waals surface area (Å²) in [5.74, 6) is 1.00. The topological polar surface area (TPSA) is 58.4 Å². The molecule has 0 radical (unpaired) electrons. The number of carbonyl (C=O) groups excluding carboxylic acids is 1. The molecule has 0 aliphatic carbocycles. The van der Waals surface area contributed by atoms with E-state index in [1.807, 2.05) is 4.90 Å². The second-order valence-corrected chi connectivity index (χ2v) is 7.96. The third-order valence-electron chi connectivity index (χ3n) is 5.18. The highest BCUT2D eigenvalue weighted by Crippen LogP contribution is 2.24. The van der Waals surface area contributed by atoms with E-state index in [0.717, 1.165) is 45.4 Å². The first-order valence-electron chi connectivity index (χ1n) is 8.88. The Hall–Kier alpha value is -1.11. The predicted octanol–water partition coefficient (Wildman–Crippen LogP) is 2.48. The Bertz CT molecular complexity index is 686. The van der Waals surface area contributed by atoms with Crippen LogP contribution >= 0.6 is 23.2 Å². The molecule has 2 fully saturated rings. The fourth-order valence-electron chi connectivity index (χ4n) is 3.70. The molecule has 1 amide bonds. The average Bonchev–Trinajstić information content (AvgIpc) is 2.62. The summed E-state index contributed by atoms with van der Waals surface area (Å²) >= 11 is 11.7. The summed E-state index contributed by atoms with van der Waals surface area (Å²) in [7, 11) is 0. The smallest absolute Gasteiger partial charge is 0.288 e. The van der Waals surface area contributed by atoms with Crippen LogP contribution in [0.5, 0.6) is 0 Å². The highest BCUT2D eigenvalue weighted by atomic mass is 35.5. The zero-order valence-corrected chi connectivity index (χ0v) is 16.0. The molecule has 2 aliphatic heterocycles. The monoisotopic (exact) mass is 386 g/mol. The lowest BCUT2D eigenvalue weighted by molar-refractivity contribution is -0.139. The molecule has 2 saturated heterocycles. The van der Waals surface area contributed by atoms with Gasteiger partial charge in [0.25, 0.3) is 5.56 Å². The van der Waals surface area contributed by atoms with Crippen LogP contribution in [0.3, 0.4) is 0 Å². The summed E-state index contributed by atoms with van der Waals surface area (Å²) in [6.45, 7) is 5.91. The van der Waals surface area contributed by atoms with Crippen LogP contribution in [0, 0.1) is 11.8 Å². The number of likely N-dealkylation sites (tertiary alicyclic amines) is 2. The van der Waals surface area contributed by atoms with Crippen LogP contribution in [-0.4, -0.2) is 51.7 Å². The van der Waals surface area contributed by atoms with E-state index in [1.54, 1.807) is 0 Å². The minimum Gasteiger partial charge on any atom is -0.342 e. The standard InChI is InChI=1S/C17H24Cl2N4O2/c1-12-3-2-6-22(10-12)16(24)13-4-7-21(8-5-13)11-23-17(25)15(19)14(18)9-20-23/h9,12-13H,2-8,10-11H2,1H3/t12-/m1/s1. The molecule has 1 atom stereocenters. The number of nitrogens with zero attached hydrogens (tertiary/aromatic N) is 4. The number of halogens is 2. The van der Waals surface area contributed by atoms with E-state index >= 15 is 0 Å². The third kappa shape index (κ3) is 4.36. The van der Waals surface area contributed by atoms with Gasteiger partial charge in [-0.2, -0.15) is 5.10 Å². The lowest BCUT2D eigenvalue weighted by Crippen LogP contribution is -2.46. The van der Waals surface area contributed by atoms with Crippen molar-refractivity contribution < 1.29 is 4.79 Å². The molecule has 6 nitrogen and oxygen atoms in total. The number of amides is 1. The molecule has 138 valence electrons. The number of hydrogen-bond acceptors (Lipinski definition) is 4. The van der Waals surface area contributed by atoms with Gasteiger partial charge in [-0.1, -0.05) is 30.1 Å². The molecule has 0 saturated carbocycles. The van der Waals surface area contributed by atoms with Crippen molar-refractivity contribution in [2.45, 2.75) is 39.3 Å². The number of aromatic nitrogens is 2. The van der Waals surface area contributed by atoms with Crippen molar-refractivity contribution >= 4 is 29.1 Å². The number of hydrogen-bond donors (Lipinski definition) is 0. The van der Waals surface area contributed by atoms with E-state index in [2.05, 4.69) is 16.9 Å². The van der Waals surface area contributed by atoms with Gasteiger partial charge in [0.2, 0.25) is 5.91 Å². The molecule has 0 unspecified atom stereocenters. The second kappa shape index (κ2) is 8.06. The molecule has 3 rings (SSSR count). The summed E-state index contributed by atoms with van der Waals surface area (Å²) in [6.07, 6.45) is 5.35. The number of piperidine rings is 2. The van der Waals surface area contributed by atoms with Crippen molar-refractivity contribution in [2.75, 3.05) is 26.2 Å². The summed E-state index contributed by atoms with van der Waals surface area (Å²) in [6, 6.07) is 0. The Balaban J connectivity index is 1.54. The van der Waals surface area contributed by atoms with Crippen molar-refractivity contribution in [2.24, 2.45) is 11.8 Å². The van der Waals surface area contributed by atoms with Crippen LogP contribution < -0.4 is 5.56 Å². The maximum Gasteiger partial charge on any atom is 0.288 e. The molecule has 0 bridgehead atoms. The van der Waals surface area contributed by atoms with Crippen LogP contribution in [0.4, 0.5) is 0 Å². The van der Waals surface area contributed by atoms with Crippen molar-refractivity contribution in [3.63, 3.8) is 0 Å². The molecule has 1 aromatic rings. The normalized spacial score (nSPS) is 23.0. The zero-order valence-electron chi connectivity index (χ0n) is 14.5. The first kappa shape index (κ1) is 18.7. The Morgan fingerprint density at radius 1 is 1.24 bits per heavy atom. The van der Waals surface area contributed by atoms with Gasteiger partial charge in [0, 0.05) is 32.1 Å². The average molecular weight is 387 g/mol. The van der Waals surface area contributed by atoms with Crippen LogP contribution in [-0.2, 0) is 11.5 Å². The molecular weight excluding hydrogens is 363 g/mol. The largest absolute Gasteiger partial charge is 0.342 e. The number of carbonyl (C=O) groups is 1. The maximum absolute atomic E-state index is 12.7. The van der Waals surface area contributed by atoms with Crippen LogP contribution in [0.25, 0.3) is 0 Å². The summed E-state index contributed by atoms with van der Waals surface area (Å²) in [5.41, 5.74) is -0.380. The Morgan fingerprint density at radius 2 is 1.96 bits per heavy atom. The highest BCUT2D eigenvalue weighted by Gasteiger charge is 2.30. The summed E-state index contributed by atoms with van der Waals surface area (Å²) in [4.78, 5) is 28.9. The van der Waals surface area contributed by atoms with Crippen LogP contribution in [0.2, 0.25) is 10.0 Å². The van der Waals surface area contributed by atoms with Gasteiger partial charge in [-0.25, -0.2) is 4.68 Å². The van der Waals surface area contributed by atoms with Gasteiger partial charge < -0.3 is 4.90 Å². The lowest BCUT2D eigenvalue weighted by Gasteiger charge is -2.37. The fraction of sp³-hybridized carbons (Fsp3) is 0.706. The van der Waals surface area contributed by atoms with Crippen LogP contribution in [0.15, 0.2) is 11.0 Å². The Kier molecular flexibility index (Phi) is 6.02. The van der Waals surface area contributed by atoms with Gasteiger partial charge in [-0.15, -0.1) is 0 Å². The van der Waals surface area contributed by atoms with E-state index in [0.29, 0.717) is 18.5 Å². The van der Waals surface area contributed by atoms with Crippen LogP contribution in [0.1, 0.15) is 32.6 Å². The summed E-state index contributed by atoms with van der Waals surface area (Å²) < 4.78 is 1.32. The molecule has 0 spiro atoms. The van der Waals surface area contributed by atoms with E-state index in [-0.39, 0.29) is 21.5 Å². The molecule has 8 heteroatoms. The van der Waals surface area contributed by atoms with Crippen molar-refractivity contribution in [1.29, 1.82) is 0 Å². The second-order valence-electron chi connectivity index (χ2n) is 7.18. The van der Waals surface area contributed by atoms with Gasteiger partial charge in [-0.3, -0.25) is 14.5 Å². The summed E-state index contributed by atoms with van der Waals surface area (Å²) in [5, 5.41) is 4.21. The maximum atomic E-state index is 12.7. The lowest BCUT2D eigenvalue weighted by atomic mass is 9.93. The van der Waals surface area contributed by atoms with E-state index < -0.39 is 0 Å². The molecule has 2 aliphatic rings. The number of rotatable bonds is 3. The highest BCUT2D eigenvalue weighted by molar-refractivity contribution is 6.41. The van der Waals surface area contributed by atoms with E-state index in [9.17, 15) is 9.59 Å². The SMILES string of the molecule is C[C@@H]1CCCN(C(=O)C2CCN(Cn3ncc(Cl)c(Cl)c3=O)CC2)C1. The Morgan fingerprint density at radius 3 is 2.64 bits per heavy atom. The van der Waals surface area contributed by atoms with Crippen molar-refractivity contribution in [3.05, 3.63) is 26.6 Å². The minimum absolute atomic E-state index is 0.000878. The van der Waals surface area contributed by atoms with Gasteiger partial charge in [0.1, 0.15) is 5.02 Å². The Labute approximate surface area is 157 Å². The first-order chi connectivity index (χ1) is 12.0. The first-order valence-corrected chi connectivity index (χ1v) is 9.63. The van der Waals surface area contributed by atoms with Gasteiger partial charge in [0.15, 0.2) is 0 Å². The van der Waals surface area contributed by atoms with Gasteiger partial charge >= 0.3 is 0 Å². The quantitative estimate of drug-likeness (QED) is 0.800. The van der Waals surface area contributed by atoms with Crippen molar-refractivity contribution in [3.8, 4) is 0 Å². The van der Waals surface area contributed by atoms with E-state index in [1.165, 1.54) is 17.3 Å². The molecule has 25 heavy (non-hydrogen) atoms. The molecule has 3 heterocycles.